The molecule has 0 bridgehead atoms. The lowest BCUT2D eigenvalue weighted by Crippen LogP contribution is -2.28. The van der Waals surface area contributed by atoms with Crippen molar-refractivity contribution in [1.29, 1.82) is 0 Å². The number of hydrogen-bond donors (Lipinski definition) is 1. The van der Waals surface area contributed by atoms with Crippen LogP contribution in [0.2, 0.25) is 0 Å². The largest absolute Gasteiger partial charge is 0.573 e. The minimum Gasteiger partial charge on any atom is -0.406 e. The van der Waals surface area contributed by atoms with Gasteiger partial charge in [0.05, 0.1) is 16.0 Å². The van der Waals surface area contributed by atoms with Crippen LogP contribution in [0.1, 0.15) is 18.5 Å². The van der Waals surface area contributed by atoms with Gasteiger partial charge in [-0.1, -0.05) is 11.2 Å². The number of aromatic nitrogens is 1. The second-order valence-electron chi connectivity index (χ2n) is 6.16. The number of alkyl halides is 3. The number of halogens is 3. The average Bonchev–Trinajstić information content (AvgIpc) is 3.04. The summed E-state index contributed by atoms with van der Waals surface area (Å²) in [4.78, 5) is 13.6. The van der Waals surface area contributed by atoms with Gasteiger partial charge in [0.1, 0.15) is 5.75 Å². The highest BCUT2D eigenvalue weighted by atomic mass is 32.1. The van der Waals surface area contributed by atoms with E-state index in [1.165, 1.54) is 23.5 Å². The molecule has 0 saturated heterocycles. The minimum absolute atomic E-state index is 0.266. The summed E-state index contributed by atoms with van der Waals surface area (Å²) < 4.78 is 45.8. The molecule has 1 fully saturated rings. The van der Waals surface area contributed by atoms with Crippen molar-refractivity contribution in [2.75, 3.05) is 5.32 Å². The van der Waals surface area contributed by atoms with Crippen LogP contribution in [0.3, 0.4) is 0 Å². The van der Waals surface area contributed by atoms with Gasteiger partial charge in [0, 0.05) is 11.8 Å². The number of amides is 1. The SMILES string of the molecule is O=C(Nc1ccc(OC(F)(F)F)cc1)C1(c2cc(-c3cccs3)on2)CC1. The first-order chi connectivity index (χ1) is 12.9. The number of benzene rings is 1. The Morgan fingerprint density at radius 1 is 1.22 bits per heavy atom. The predicted octanol–water partition coefficient (Wildman–Crippen LogP) is 4.97. The molecule has 4 rings (SSSR count). The lowest BCUT2D eigenvalue weighted by molar-refractivity contribution is -0.274. The number of thiophene rings is 1. The van der Waals surface area contributed by atoms with E-state index in [0.717, 1.165) is 17.0 Å². The van der Waals surface area contributed by atoms with Crippen molar-refractivity contribution in [2.45, 2.75) is 24.6 Å². The van der Waals surface area contributed by atoms with Crippen molar-refractivity contribution in [1.82, 2.24) is 5.16 Å². The van der Waals surface area contributed by atoms with Crippen LogP contribution in [0.4, 0.5) is 18.9 Å². The molecule has 0 radical (unpaired) electrons. The molecule has 1 amide bonds. The van der Waals surface area contributed by atoms with E-state index in [1.807, 2.05) is 17.5 Å². The van der Waals surface area contributed by atoms with E-state index in [-0.39, 0.29) is 11.7 Å². The molecule has 0 spiro atoms. The quantitative estimate of drug-likeness (QED) is 0.664. The zero-order valence-electron chi connectivity index (χ0n) is 13.7. The second-order valence-corrected chi connectivity index (χ2v) is 7.11. The summed E-state index contributed by atoms with van der Waals surface area (Å²) in [6.07, 6.45) is -3.49. The summed E-state index contributed by atoms with van der Waals surface area (Å²) in [6.45, 7) is 0. The maximum Gasteiger partial charge on any atom is 0.573 e. The highest BCUT2D eigenvalue weighted by molar-refractivity contribution is 7.13. The standard InChI is InChI=1S/C18H13F3N2O3S/c19-18(20,21)25-12-5-3-11(4-6-12)22-16(24)17(7-8-17)15-10-13(26-23-15)14-2-1-9-27-14/h1-6,9-10H,7-8H2,(H,22,24). The van der Waals surface area contributed by atoms with Gasteiger partial charge in [-0.2, -0.15) is 0 Å². The highest BCUT2D eigenvalue weighted by Gasteiger charge is 2.53. The van der Waals surface area contributed by atoms with Gasteiger partial charge in [0.15, 0.2) is 5.76 Å². The number of rotatable bonds is 5. The first kappa shape index (κ1) is 17.6. The van der Waals surface area contributed by atoms with Gasteiger partial charge < -0.3 is 14.6 Å². The van der Waals surface area contributed by atoms with Crippen LogP contribution in [0, 0.1) is 0 Å². The Kier molecular flexibility index (Phi) is 4.18. The zero-order chi connectivity index (χ0) is 19.1. The molecule has 1 N–H and O–H groups in total. The van der Waals surface area contributed by atoms with Gasteiger partial charge in [-0.25, -0.2) is 0 Å². The van der Waals surface area contributed by atoms with Crippen molar-refractivity contribution in [3.05, 3.63) is 53.5 Å². The fourth-order valence-corrected chi connectivity index (χ4v) is 3.42. The molecular weight excluding hydrogens is 381 g/mol. The number of carbonyl (C=O) groups is 1. The van der Waals surface area contributed by atoms with E-state index >= 15 is 0 Å². The summed E-state index contributed by atoms with van der Waals surface area (Å²) >= 11 is 1.51. The van der Waals surface area contributed by atoms with E-state index in [9.17, 15) is 18.0 Å². The predicted molar refractivity (Wildman–Crippen MR) is 92.5 cm³/mol. The monoisotopic (exact) mass is 394 g/mol. The molecule has 1 aromatic carbocycles. The van der Waals surface area contributed by atoms with Crippen LogP contribution < -0.4 is 10.1 Å². The van der Waals surface area contributed by atoms with Gasteiger partial charge in [0.25, 0.3) is 0 Å². The zero-order valence-corrected chi connectivity index (χ0v) is 14.6. The van der Waals surface area contributed by atoms with Gasteiger partial charge in [-0.05, 0) is 48.6 Å². The lowest BCUT2D eigenvalue weighted by Gasteiger charge is -2.13. The van der Waals surface area contributed by atoms with E-state index in [2.05, 4.69) is 15.2 Å². The van der Waals surface area contributed by atoms with Crippen LogP contribution >= 0.6 is 11.3 Å². The van der Waals surface area contributed by atoms with Crippen LogP contribution in [-0.4, -0.2) is 17.4 Å². The average molecular weight is 394 g/mol. The number of ether oxygens (including phenoxy) is 1. The highest BCUT2D eigenvalue weighted by Crippen LogP contribution is 2.49. The van der Waals surface area contributed by atoms with E-state index in [0.29, 0.717) is 30.0 Å². The summed E-state index contributed by atoms with van der Waals surface area (Å²) in [5.41, 5.74) is 0.170. The molecule has 5 nitrogen and oxygen atoms in total. The molecular formula is C18H13F3N2O3S. The molecule has 9 heteroatoms. The number of nitrogens with zero attached hydrogens (tertiary/aromatic N) is 1. The normalized spacial score (nSPS) is 15.4. The maximum absolute atomic E-state index is 12.7. The molecule has 0 atom stereocenters. The molecule has 3 aromatic rings. The smallest absolute Gasteiger partial charge is 0.406 e. The first-order valence-corrected chi connectivity index (χ1v) is 8.92. The van der Waals surface area contributed by atoms with E-state index in [4.69, 9.17) is 4.52 Å². The van der Waals surface area contributed by atoms with Crippen molar-refractivity contribution in [3.63, 3.8) is 0 Å². The van der Waals surface area contributed by atoms with Gasteiger partial charge in [-0.3, -0.25) is 4.79 Å². The van der Waals surface area contributed by atoms with Crippen LogP contribution in [0.15, 0.2) is 52.4 Å². The Morgan fingerprint density at radius 3 is 2.56 bits per heavy atom. The molecule has 1 saturated carbocycles. The first-order valence-electron chi connectivity index (χ1n) is 8.04. The Hall–Kier alpha value is -2.81. The number of hydrogen-bond acceptors (Lipinski definition) is 5. The fourth-order valence-electron chi connectivity index (χ4n) is 2.75. The fraction of sp³-hybridized carbons (Fsp3) is 0.222. The molecule has 140 valence electrons. The second kappa shape index (κ2) is 6.41. The van der Waals surface area contributed by atoms with Crippen molar-refractivity contribution in [3.8, 4) is 16.4 Å². The third-order valence-electron chi connectivity index (χ3n) is 4.29. The van der Waals surface area contributed by atoms with Gasteiger partial charge in [-0.15, -0.1) is 24.5 Å². The third-order valence-corrected chi connectivity index (χ3v) is 5.18. The van der Waals surface area contributed by atoms with Crippen LogP contribution in [-0.2, 0) is 10.2 Å². The molecule has 2 heterocycles. The van der Waals surface area contributed by atoms with Crippen LogP contribution in [0.5, 0.6) is 5.75 Å². The van der Waals surface area contributed by atoms with Crippen molar-refractivity contribution < 1.29 is 27.2 Å². The number of anilines is 1. The van der Waals surface area contributed by atoms with E-state index in [1.54, 1.807) is 6.07 Å². The summed E-state index contributed by atoms with van der Waals surface area (Å²) in [5, 5.41) is 8.69. The van der Waals surface area contributed by atoms with Crippen molar-refractivity contribution in [2.24, 2.45) is 0 Å². The Bertz CT molecular complexity index is 945. The minimum atomic E-state index is -4.75. The topological polar surface area (TPSA) is 64.4 Å². The molecule has 27 heavy (non-hydrogen) atoms. The molecule has 1 aliphatic rings. The molecule has 0 unspecified atom stereocenters. The number of nitrogens with one attached hydrogen (secondary N) is 1. The molecule has 2 aromatic heterocycles. The maximum atomic E-state index is 12.7. The third kappa shape index (κ3) is 3.68. The van der Waals surface area contributed by atoms with Gasteiger partial charge >= 0.3 is 6.36 Å². The van der Waals surface area contributed by atoms with Crippen LogP contribution in [0.25, 0.3) is 10.6 Å². The lowest BCUT2D eigenvalue weighted by atomic mass is 10.0. The summed E-state index contributed by atoms with van der Waals surface area (Å²) in [5.74, 6) is -0.00975. The summed E-state index contributed by atoms with van der Waals surface area (Å²) in [6, 6.07) is 10.6. The van der Waals surface area contributed by atoms with Crippen molar-refractivity contribution >= 4 is 22.9 Å². The number of carbonyl (C=O) groups excluding carboxylic acids is 1. The molecule has 0 aliphatic heterocycles. The van der Waals surface area contributed by atoms with E-state index < -0.39 is 11.8 Å². The Morgan fingerprint density at radius 2 is 1.96 bits per heavy atom. The Balaban J connectivity index is 1.46. The summed E-state index contributed by atoms with van der Waals surface area (Å²) in [7, 11) is 0. The van der Waals surface area contributed by atoms with Gasteiger partial charge in [0.2, 0.25) is 5.91 Å². The molecule has 1 aliphatic carbocycles. The Labute approximate surface area is 155 Å².